The molecular weight excluding hydrogens is 452 g/mol. The summed E-state index contributed by atoms with van der Waals surface area (Å²) in [6, 6.07) is 3.87. The lowest BCUT2D eigenvalue weighted by Gasteiger charge is -2.14. The van der Waals surface area contributed by atoms with Crippen molar-refractivity contribution in [1.82, 2.24) is 24.3 Å². The van der Waals surface area contributed by atoms with Gasteiger partial charge in [-0.3, -0.25) is 23.7 Å². The molecule has 2 fully saturated rings. The molecular formula is C20H22N6O4S2. The monoisotopic (exact) mass is 474 g/mol. The number of hydrogen-bond donors (Lipinski definition) is 2. The minimum Gasteiger partial charge on any atom is -0.384 e. The number of ketones is 1. The van der Waals surface area contributed by atoms with Crippen molar-refractivity contribution in [3.63, 3.8) is 0 Å². The number of nitrogens with zero attached hydrogens (tertiary/aromatic N) is 4. The van der Waals surface area contributed by atoms with Crippen LogP contribution in [-0.4, -0.2) is 48.6 Å². The van der Waals surface area contributed by atoms with E-state index in [0.717, 1.165) is 43.0 Å². The lowest BCUT2D eigenvalue weighted by atomic mass is 10.2. The van der Waals surface area contributed by atoms with E-state index in [0.29, 0.717) is 11.7 Å². The molecule has 1 aliphatic heterocycles. The van der Waals surface area contributed by atoms with Gasteiger partial charge in [-0.25, -0.2) is 4.79 Å². The molecule has 2 aliphatic rings. The van der Waals surface area contributed by atoms with E-state index in [4.69, 9.17) is 10.5 Å². The molecule has 5 rings (SSSR count). The van der Waals surface area contributed by atoms with Crippen molar-refractivity contribution in [2.45, 2.75) is 49.5 Å². The van der Waals surface area contributed by atoms with Crippen LogP contribution in [0.5, 0.6) is 0 Å². The van der Waals surface area contributed by atoms with Crippen molar-refractivity contribution < 1.29 is 9.53 Å². The number of Topliss-reactive ketones (excluding diaryl/α,β-unsaturated/α-hetero) is 1. The third-order valence-corrected chi connectivity index (χ3v) is 7.41. The zero-order chi connectivity index (χ0) is 22.2. The van der Waals surface area contributed by atoms with Gasteiger partial charge in [0.25, 0.3) is 5.56 Å². The highest BCUT2D eigenvalue weighted by Gasteiger charge is 2.30. The summed E-state index contributed by atoms with van der Waals surface area (Å²) in [6.45, 7) is 1.33. The molecule has 3 aromatic rings. The lowest BCUT2D eigenvalue weighted by Crippen LogP contribution is -2.36. The van der Waals surface area contributed by atoms with Crippen molar-refractivity contribution >= 4 is 34.7 Å². The van der Waals surface area contributed by atoms with Gasteiger partial charge in [0.15, 0.2) is 16.8 Å². The number of ether oxygens (including phenoxy) is 1. The molecule has 10 nitrogen and oxygen atoms in total. The first-order valence-electron chi connectivity index (χ1n) is 10.4. The number of nitrogens with one attached hydrogen (secondary N) is 1. The Morgan fingerprint density at radius 3 is 2.84 bits per heavy atom. The maximum absolute atomic E-state index is 12.9. The van der Waals surface area contributed by atoms with Crippen molar-refractivity contribution in [2.75, 3.05) is 18.1 Å². The van der Waals surface area contributed by atoms with Gasteiger partial charge in [0.2, 0.25) is 0 Å². The minimum atomic E-state index is -0.755. The lowest BCUT2D eigenvalue weighted by molar-refractivity contribution is 0.0953. The molecule has 1 aliphatic carbocycles. The van der Waals surface area contributed by atoms with E-state index in [1.807, 2.05) is 22.1 Å². The Kier molecular flexibility index (Phi) is 5.74. The predicted octanol–water partition coefficient (Wildman–Crippen LogP) is 1.93. The summed E-state index contributed by atoms with van der Waals surface area (Å²) in [5.41, 5.74) is 4.57. The zero-order valence-electron chi connectivity index (χ0n) is 17.2. The van der Waals surface area contributed by atoms with Gasteiger partial charge in [0, 0.05) is 12.6 Å². The number of aromatic nitrogens is 5. The van der Waals surface area contributed by atoms with Crippen LogP contribution in [0.2, 0.25) is 0 Å². The molecule has 0 aromatic carbocycles. The first-order valence-corrected chi connectivity index (χ1v) is 12.3. The number of H-pyrrole nitrogens is 1. The number of hydrogen-bond acceptors (Lipinski definition) is 9. The summed E-state index contributed by atoms with van der Waals surface area (Å²) < 4.78 is 9.07. The highest BCUT2D eigenvalue weighted by molar-refractivity contribution is 7.99. The Hall–Kier alpha value is -2.70. The summed E-state index contributed by atoms with van der Waals surface area (Å²) >= 11 is 2.76. The van der Waals surface area contributed by atoms with Crippen LogP contribution < -0.4 is 17.0 Å². The topological polar surface area (TPSA) is 138 Å². The number of nitrogens with two attached hydrogens (primary N) is 1. The standard InChI is InChI=1S/C20H22N6O4S2/c21-16-15(18(28)22-19(29)26(16)11-5-6-11)13(27)10-32-20-24-23-17(14-4-2-8-31-14)25(20)9-12-3-1-7-30-12/h2,4,8,11-12H,1,3,5-7,9-10,21H2,(H,22,28,29). The van der Waals surface area contributed by atoms with E-state index >= 15 is 0 Å². The van der Waals surface area contributed by atoms with Crippen molar-refractivity contribution in [3.8, 4) is 10.7 Å². The molecule has 3 aromatic heterocycles. The number of aromatic amines is 1. The Bertz CT molecular complexity index is 1250. The average Bonchev–Trinajstić information content (AvgIpc) is 3.14. The molecule has 1 saturated heterocycles. The first-order chi connectivity index (χ1) is 15.5. The maximum Gasteiger partial charge on any atom is 0.330 e. The summed E-state index contributed by atoms with van der Waals surface area (Å²) in [7, 11) is 0. The fraction of sp³-hybridized carbons (Fsp3) is 0.450. The number of thioether (sulfide) groups is 1. The quantitative estimate of drug-likeness (QED) is 0.373. The van der Waals surface area contributed by atoms with Gasteiger partial charge >= 0.3 is 5.69 Å². The molecule has 1 atom stereocenters. The van der Waals surface area contributed by atoms with Crippen LogP contribution >= 0.6 is 23.1 Å². The number of carbonyl (C=O) groups excluding carboxylic acids is 1. The second kappa shape index (κ2) is 8.68. The molecule has 1 saturated carbocycles. The van der Waals surface area contributed by atoms with E-state index in [2.05, 4.69) is 15.2 Å². The molecule has 3 N–H and O–H groups in total. The van der Waals surface area contributed by atoms with Gasteiger partial charge < -0.3 is 10.5 Å². The van der Waals surface area contributed by atoms with Crippen molar-refractivity contribution in [3.05, 3.63) is 43.9 Å². The molecule has 0 spiro atoms. The second-order valence-electron chi connectivity index (χ2n) is 7.86. The number of anilines is 1. The van der Waals surface area contributed by atoms with E-state index in [9.17, 15) is 14.4 Å². The largest absolute Gasteiger partial charge is 0.384 e. The summed E-state index contributed by atoms with van der Waals surface area (Å²) in [6.07, 6.45) is 3.65. The van der Waals surface area contributed by atoms with Crippen molar-refractivity contribution in [2.24, 2.45) is 0 Å². The highest BCUT2D eigenvalue weighted by atomic mass is 32.2. The number of rotatable bonds is 8. The Labute approximate surface area is 190 Å². The van der Waals surface area contributed by atoms with Gasteiger partial charge in [0.05, 0.1) is 23.3 Å². The molecule has 32 heavy (non-hydrogen) atoms. The van der Waals surface area contributed by atoms with Crippen LogP contribution in [0.3, 0.4) is 0 Å². The highest BCUT2D eigenvalue weighted by Crippen LogP contribution is 2.35. The Morgan fingerprint density at radius 2 is 2.16 bits per heavy atom. The fourth-order valence-corrected chi connectivity index (χ4v) is 5.41. The van der Waals surface area contributed by atoms with Crippen LogP contribution in [0.25, 0.3) is 10.7 Å². The van der Waals surface area contributed by atoms with Crippen LogP contribution in [0, 0.1) is 0 Å². The number of carbonyl (C=O) groups is 1. The third-order valence-electron chi connectivity index (χ3n) is 5.57. The SMILES string of the molecule is Nc1c(C(=O)CSc2nnc(-c3cccs3)n2CC2CCCO2)c(=O)[nH]c(=O)n1C1CC1. The average molecular weight is 475 g/mol. The van der Waals surface area contributed by atoms with Gasteiger partial charge in [-0.15, -0.1) is 21.5 Å². The van der Waals surface area contributed by atoms with Crippen LogP contribution in [0.15, 0.2) is 32.3 Å². The summed E-state index contributed by atoms with van der Waals surface area (Å²) in [5.74, 6) is 0.161. The number of thiophene rings is 1. The zero-order valence-corrected chi connectivity index (χ0v) is 18.8. The van der Waals surface area contributed by atoms with E-state index in [-0.39, 0.29) is 29.3 Å². The van der Waals surface area contributed by atoms with Crippen LogP contribution in [0.4, 0.5) is 5.82 Å². The molecule has 1 unspecified atom stereocenters. The first kappa shape index (κ1) is 21.2. The van der Waals surface area contributed by atoms with Crippen molar-refractivity contribution in [1.29, 1.82) is 0 Å². The summed E-state index contributed by atoms with van der Waals surface area (Å²) in [5, 5.41) is 11.2. The number of nitrogen functional groups attached to an aromatic ring is 1. The molecule has 0 bridgehead atoms. The maximum atomic E-state index is 12.9. The van der Waals surface area contributed by atoms with Crippen LogP contribution in [0.1, 0.15) is 42.1 Å². The molecule has 4 heterocycles. The fourth-order valence-electron chi connectivity index (χ4n) is 3.87. The smallest absolute Gasteiger partial charge is 0.330 e. The Balaban J connectivity index is 1.40. The molecule has 0 amide bonds. The Morgan fingerprint density at radius 1 is 1.31 bits per heavy atom. The molecule has 0 radical (unpaired) electrons. The van der Waals surface area contributed by atoms with Crippen LogP contribution in [-0.2, 0) is 11.3 Å². The normalized spacial score (nSPS) is 18.3. The van der Waals surface area contributed by atoms with E-state index in [1.165, 1.54) is 16.3 Å². The molecule has 12 heteroatoms. The van der Waals surface area contributed by atoms with Gasteiger partial charge in [-0.2, -0.15) is 0 Å². The predicted molar refractivity (Wildman–Crippen MR) is 121 cm³/mol. The second-order valence-corrected chi connectivity index (χ2v) is 9.75. The van der Waals surface area contributed by atoms with Gasteiger partial charge in [-0.1, -0.05) is 17.8 Å². The van der Waals surface area contributed by atoms with E-state index in [1.54, 1.807) is 11.3 Å². The summed E-state index contributed by atoms with van der Waals surface area (Å²) in [4.78, 5) is 40.6. The minimum absolute atomic E-state index is 0.0513. The third kappa shape index (κ3) is 4.05. The molecule has 168 valence electrons. The van der Waals surface area contributed by atoms with Gasteiger partial charge in [0.1, 0.15) is 11.4 Å². The van der Waals surface area contributed by atoms with Gasteiger partial charge in [-0.05, 0) is 37.1 Å². The van der Waals surface area contributed by atoms with E-state index < -0.39 is 17.0 Å².